The number of nitrogens with zero attached hydrogens (tertiary/aromatic N) is 3. The number of hydrogen-bond acceptors (Lipinski definition) is 3. The molecule has 0 bridgehead atoms. The van der Waals surface area contributed by atoms with Gasteiger partial charge in [0.25, 0.3) is 0 Å². The molecule has 2 aromatic rings. The molecule has 2 atom stereocenters. The van der Waals surface area contributed by atoms with E-state index < -0.39 is 0 Å². The Kier molecular flexibility index (Phi) is 3.74. The number of rotatable bonds is 5. The quantitative estimate of drug-likeness (QED) is 0.861. The molecule has 2 rings (SSSR count). The molecule has 2 heterocycles. The normalized spacial score (nSPS) is 15.0. The highest BCUT2D eigenvalue weighted by Gasteiger charge is 2.14. The fourth-order valence-electron chi connectivity index (χ4n) is 2.17. The number of hydrogen-bond donors (Lipinski definition) is 1. The van der Waals surface area contributed by atoms with E-state index in [4.69, 9.17) is 0 Å². The monoisotopic (exact) mass is 232 g/mol. The zero-order valence-corrected chi connectivity index (χ0v) is 10.7. The first-order valence-electron chi connectivity index (χ1n) is 6.28. The van der Waals surface area contributed by atoms with Crippen LogP contribution < -0.4 is 5.32 Å². The molecule has 4 nitrogen and oxygen atoms in total. The summed E-state index contributed by atoms with van der Waals surface area (Å²) < 4.78 is 2.04. The molecule has 4 heteroatoms. The molecule has 0 radical (unpaired) electrons. The number of pyridine rings is 1. The van der Waals surface area contributed by atoms with Crippen LogP contribution in [0.3, 0.4) is 0 Å². The molecule has 17 heavy (non-hydrogen) atoms. The van der Waals surface area contributed by atoms with E-state index in [2.05, 4.69) is 36.3 Å². The van der Waals surface area contributed by atoms with Crippen LogP contribution in [-0.2, 0) is 0 Å². The lowest BCUT2D eigenvalue weighted by Gasteiger charge is -2.18. The van der Waals surface area contributed by atoms with E-state index in [0.29, 0.717) is 6.04 Å². The second-order valence-corrected chi connectivity index (χ2v) is 4.57. The summed E-state index contributed by atoms with van der Waals surface area (Å²) in [6.45, 7) is 6.55. The van der Waals surface area contributed by atoms with Gasteiger partial charge in [0.05, 0.1) is 6.04 Å². The molecule has 0 aliphatic heterocycles. The molecule has 92 valence electrons. The highest BCUT2D eigenvalue weighted by molar-refractivity contribution is 5.37. The van der Waals surface area contributed by atoms with Crippen LogP contribution in [0, 0.1) is 0 Å². The van der Waals surface area contributed by atoms with Gasteiger partial charge in [-0.25, -0.2) is 0 Å². The molecular weight excluding hydrogens is 212 g/mol. The van der Waals surface area contributed by atoms with Gasteiger partial charge >= 0.3 is 0 Å². The van der Waals surface area contributed by atoms with E-state index >= 15 is 0 Å². The van der Waals surface area contributed by atoms with Crippen molar-refractivity contribution in [3.8, 4) is 0 Å². The molecule has 0 saturated carbocycles. The van der Waals surface area contributed by atoms with E-state index in [0.717, 1.165) is 11.5 Å². The van der Waals surface area contributed by atoms with Gasteiger partial charge in [-0.15, -0.1) is 10.2 Å². The maximum atomic E-state index is 4.26. The summed E-state index contributed by atoms with van der Waals surface area (Å²) in [4.78, 5) is 0. The van der Waals surface area contributed by atoms with Crippen LogP contribution in [0.2, 0.25) is 0 Å². The molecule has 0 aromatic carbocycles. The minimum Gasteiger partial charge on any atom is -0.305 e. The molecule has 0 spiro atoms. The average molecular weight is 232 g/mol. The second kappa shape index (κ2) is 5.27. The van der Waals surface area contributed by atoms with Crippen molar-refractivity contribution in [3.05, 3.63) is 30.2 Å². The highest BCUT2D eigenvalue weighted by Crippen LogP contribution is 2.13. The Balaban J connectivity index is 2.16. The Bertz CT molecular complexity index is 477. The zero-order chi connectivity index (χ0) is 12.3. The minimum atomic E-state index is 0.217. The lowest BCUT2D eigenvalue weighted by molar-refractivity contribution is 0.438. The van der Waals surface area contributed by atoms with E-state index in [9.17, 15) is 0 Å². The van der Waals surface area contributed by atoms with Crippen molar-refractivity contribution < 1.29 is 0 Å². The number of aromatic nitrogens is 3. The third-order valence-electron chi connectivity index (χ3n) is 2.98. The second-order valence-electron chi connectivity index (χ2n) is 4.57. The summed E-state index contributed by atoms with van der Waals surface area (Å²) >= 11 is 0. The Hall–Kier alpha value is -1.42. The van der Waals surface area contributed by atoms with Gasteiger partial charge in [0, 0.05) is 12.2 Å². The SMILES string of the molecule is CCC[C@@H](C)N[C@@H](C)c1nnc2ccccn12. The summed E-state index contributed by atoms with van der Waals surface area (Å²) in [6.07, 6.45) is 4.38. The third kappa shape index (κ3) is 2.64. The molecule has 1 N–H and O–H groups in total. The van der Waals surface area contributed by atoms with Crippen molar-refractivity contribution in [3.63, 3.8) is 0 Å². The molecule has 0 aliphatic rings. The van der Waals surface area contributed by atoms with Crippen LogP contribution >= 0.6 is 0 Å². The summed E-state index contributed by atoms with van der Waals surface area (Å²) in [5.41, 5.74) is 0.902. The van der Waals surface area contributed by atoms with Crippen molar-refractivity contribution in [2.24, 2.45) is 0 Å². The lowest BCUT2D eigenvalue weighted by Crippen LogP contribution is -2.29. The third-order valence-corrected chi connectivity index (χ3v) is 2.98. The summed E-state index contributed by atoms with van der Waals surface area (Å²) in [5.74, 6) is 0.976. The van der Waals surface area contributed by atoms with E-state index in [1.165, 1.54) is 12.8 Å². The van der Waals surface area contributed by atoms with Gasteiger partial charge in [-0.3, -0.25) is 4.40 Å². The average Bonchev–Trinajstić information content (AvgIpc) is 2.72. The van der Waals surface area contributed by atoms with Crippen LogP contribution in [-0.4, -0.2) is 20.6 Å². The minimum absolute atomic E-state index is 0.217. The summed E-state index contributed by atoms with van der Waals surface area (Å²) in [6, 6.07) is 6.67. The van der Waals surface area contributed by atoms with Gasteiger partial charge < -0.3 is 5.32 Å². The van der Waals surface area contributed by atoms with Crippen molar-refractivity contribution in [1.29, 1.82) is 0 Å². The van der Waals surface area contributed by atoms with Gasteiger partial charge in [-0.05, 0) is 32.4 Å². The lowest BCUT2D eigenvalue weighted by atomic mass is 10.1. The van der Waals surface area contributed by atoms with Crippen molar-refractivity contribution in [2.45, 2.75) is 45.7 Å². The van der Waals surface area contributed by atoms with Gasteiger partial charge in [0.15, 0.2) is 11.5 Å². The van der Waals surface area contributed by atoms with Gasteiger partial charge in [0.2, 0.25) is 0 Å². The molecule has 0 saturated heterocycles. The maximum absolute atomic E-state index is 4.26. The Morgan fingerprint density at radius 3 is 2.88 bits per heavy atom. The molecule has 2 aromatic heterocycles. The topological polar surface area (TPSA) is 42.2 Å². The van der Waals surface area contributed by atoms with Crippen molar-refractivity contribution in [1.82, 2.24) is 19.9 Å². The van der Waals surface area contributed by atoms with E-state index in [-0.39, 0.29) is 6.04 Å². The van der Waals surface area contributed by atoms with Crippen LogP contribution in [0.5, 0.6) is 0 Å². The largest absolute Gasteiger partial charge is 0.305 e. The smallest absolute Gasteiger partial charge is 0.160 e. The zero-order valence-electron chi connectivity index (χ0n) is 10.7. The Morgan fingerprint density at radius 2 is 2.12 bits per heavy atom. The van der Waals surface area contributed by atoms with E-state index in [1.807, 2.05) is 28.8 Å². The van der Waals surface area contributed by atoms with Crippen LogP contribution in [0.4, 0.5) is 0 Å². The molecule has 0 amide bonds. The number of fused-ring (bicyclic) bond motifs is 1. The van der Waals surface area contributed by atoms with Crippen LogP contribution in [0.15, 0.2) is 24.4 Å². The molecule has 0 aliphatic carbocycles. The predicted molar refractivity (Wildman–Crippen MR) is 68.9 cm³/mol. The van der Waals surface area contributed by atoms with Gasteiger partial charge in [-0.1, -0.05) is 19.4 Å². The first kappa shape index (κ1) is 12.0. The van der Waals surface area contributed by atoms with Crippen molar-refractivity contribution >= 4 is 5.65 Å². The van der Waals surface area contributed by atoms with Crippen LogP contribution in [0.1, 0.15) is 45.5 Å². The molecule has 0 fully saturated rings. The van der Waals surface area contributed by atoms with Crippen LogP contribution in [0.25, 0.3) is 5.65 Å². The summed E-state index contributed by atoms with van der Waals surface area (Å²) in [7, 11) is 0. The van der Waals surface area contributed by atoms with Gasteiger partial charge in [-0.2, -0.15) is 0 Å². The Morgan fingerprint density at radius 1 is 1.29 bits per heavy atom. The first-order valence-corrected chi connectivity index (χ1v) is 6.28. The summed E-state index contributed by atoms with van der Waals surface area (Å²) in [5, 5.41) is 12.0. The first-order chi connectivity index (χ1) is 8.22. The van der Waals surface area contributed by atoms with E-state index in [1.54, 1.807) is 0 Å². The Labute approximate surface area is 102 Å². The maximum Gasteiger partial charge on any atom is 0.160 e. The fourth-order valence-corrected chi connectivity index (χ4v) is 2.17. The number of nitrogens with one attached hydrogen (secondary N) is 1. The predicted octanol–water partition coefficient (Wildman–Crippen LogP) is 2.57. The molecule has 0 unspecified atom stereocenters. The van der Waals surface area contributed by atoms with Gasteiger partial charge in [0.1, 0.15) is 0 Å². The van der Waals surface area contributed by atoms with Crippen molar-refractivity contribution in [2.75, 3.05) is 0 Å². The highest BCUT2D eigenvalue weighted by atomic mass is 15.3. The fraction of sp³-hybridized carbons (Fsp3) is 0.538. The standard InChI is InChI=1S/C13H20N4/c1-4-7-10(2)14-11(3)13-16-15-12-8-5-6-9-17(12)13/h5-6,8-11,14H,4,7H2,1-3H3/t10-,11+/m1/s1. The molecular formula is C13H20N4.